The highest BCUT2D eigenvalue weighted by atomic mass is 19.2. The van der Waals surface area contributed by atoms with Gasteiger partial charge in [-0.1, -0.05) is 12.1 Å². The monoisotopic (exact) mass is 453 g/mol. The van der Waals surface area contributed by atoms with Crippen LogP contribution in [0.15, 0.2) is 42.9 Å². The van der Waals surface area contributed by atoms with E-state index in [0.29, 0.717) is 41.4 Å². The lowest BCUT2D eigenvalue weighted by Gasteiger charge is -2.22. The van der Waals surface area contributed by atoms with Crippen molar-refractivity contribution < 1.29 is 17.6 Å². The molecule has 9 heteroatoms. The largest absolute Gasteiger partial charge is 0.303 e. The highest BCUT2D eigenvalue weighted by molar-refractivity contribution is 5.67. The first-order valence-corrected chi connectivity index (χ1v) is 10.5. The number of hydrogen-bond acceptors (Lipinski definition) is 3. The van der Waals surface area contributed by atoms with Gasteiger partial charge in [-0.2, -0.15) is 5.10 Å². The summed E-state index contributed by atoms with van der Waals surface area (Å²) < 4.78 is 58.8. The molecule has 33 heavy (non-hydrogen) atoms. The van der Waals surface area contributed by atoms with E-state index in [0.717, 1.165) is 24.2 Å². The maximum absolute atomic E-state index is 14.6. The molecular formula is C24H19F4N5. The molecule has 0 saturated heterocycles. The van der Waals surface area contributed by atoms with E-state index in [1.165, 1.54) is 6.07 Å². The lowest BCUT2D eigenvalue weighted by Crippen LogP contribution is -2.18. The van der Waals surface area contributed by atoms with Crippen molar-refractivity contribution in [3.63, 3.8) is 0 Å². The molecule has 3 heterocycles. The summed E-state index contributed by atoms with van der Waals surface area (Å²) in [6.07, 6.45) is 8.00. The molecule has 0 spiro atoms. The molecule has 4 aromatic rings. The van der Waals surface area contributed by atoms with Gasteiger partial charge in [-0.3, -0.25) is 0 Å². The van der Waals surface area contributed by atoms with Gasteiger partial charge in [0.1, 0.15) is 11.6 Å². The fourth-order valence-corrected chi connectivity index (χ4v) is 4.09. The smallest absolute Gasteiger partial charge is 0.194 e. The predicted molar refractivity (Wildman–Crippen MR) is 115 cm³/mol. The van der Waals surface area contributed by atoms with Crippen LogP contribution < -0.4 is 0 Å². The van der Waals surface area contributed by atoms with Gasteiger partial charge in [0.15, 0.2) is 23.3 Å². The van der Waals surface area contributed by atoms with E-state index in [2.05, 4.69) is 15.1 Å². The zero-order chi connectivity index (χ0) is 23.1. The van der Waals surface area contributed by atoms with Crippen LogP contribution in [0.3, 0.4) is 0 Å². The van der Waals surface area contributed by atoms with Crippen LogP contribution in [0.5, 0.6) is 0 Å². The Hall–Kier alpha value is -3.75. The summed E-state index contributed by atoms with van der Waals surface area (Å²) in [7, 11) is 0. The third kappa shape index (κ3) is 4.06. The SMILES string of the molecule is Cc1cn(-c2ccc(/C=C/c3nc4n(n3)CCC[C@@H]4c3cc(F)c(F)c(F)c3)cc2F)cn1. The third-order valence-corrected chi connectivity index (χ3v) is 5.69. The molecule has 1 aliphatic rings. The van der Waals surface area contributed by atoms with Gasteiger partial charge >= 0.3 is 0 Å². The van der Waals surface area contributed by atoms with Crippen molar-refractivity contribution in [2.24, 2.45) is 0 Å². The van der Waals surface area contributed by atoms with Crippen molar-refractivity contribution in [2.45, 2.75) is 32.2 Å². The van der Waals surface area contributed by atoms with Gasteiger partial charge in [0.05, 0.1) is 17.7 Å². The summed E-state index contributed by atoms with van der Waals surface area (Å²) in [5.74, 6) is -3.77. The minimum absolute atomic E-state index is 0.322. The fraction of sp³-hybridized carbons (Fsp3) is 0.208. The van der Waals surface area contributed by atoms with Gasteiger partial charge in [0.2, 0.25) is 0 Å². The normalized spacial score (nSPS) is 15.8. The molecule has 5 nitrogen and oxygen atoms in total. The van der Waals surface area contributed by atoms with E-state index >= 15 is 0 Å². The molecule has 0 amide bonds. The summed E-state index contributed by atoms with van der Waals surface area (Å²) in [6, 6.07) is 6.86. The quantitative estimate of drug-likeness (QED) is 0.306. The maximum atomic E-state index is 14.6. The number of halogens is 4. The van der Waals surface area contributed by atoms with Crippen molar-refractivity contribution in [1.29, 1.82) is 0 Å². The summed E-state index contributed by atoms with van der Waals surface area (Å²) in [6.45, 7) is 2.45. The zero-order valence-corrected chi connectivity index (χ0v) is 17.6. The van der Waals surface area contributed by atoms with Gasteiger partial charge in [0, 0.05) is 18.7 Å². The van der Waals surface area contributed by atoms with Crippen molar-refractivity contribution in [3.05, 3.63) is 94.6 Å². The number of aromatic nitrogens is 5. The second-order valence-corrected chi connectivity index (χ2v) is 8.01. The van der Waals surface area contributed by atoms with Crippen molar-refractivity contribution in [1.82, 2.24) is 24.3 Å². The van der Waals surface area contributed by atoms with E-state index in [4.69, 9.17) is 0 Å². The first kappa shape index (κ1) is 21.1. The van der Waals surface area contributed by atoms with Gasteiger partial charge < -0.3 is 4.57 Å². The molecule has 1 aliphatic heterocycles. The summed E-state index contributed by atoms with van der Waals surface area (Å²) in [5.41, 5.74) is 2.13. The Balaban J connectivity index is 1.40. The zero-order valence-electron chi connectivity index (χ0n) is 17.6. The molecule has 0 aliphatic carbocycles. The van der Waals surface area contributed by atoms with Crippen LogP contribution in [0.4, 0.5) is 17.6 Å². The number of imidazole rings is 1. The number of rotatable bonds is 4. The Morgan fingerprint density at radius 1 is 1.00 bits per heavy atom. The summed E-state index contributed by atoms with van der Waals surface area (Å²) in [4.78, 5) is 8.63. The van der Waals surface area contributed by atoms with E-state index in [9.17, 15) is 17.6 Å². The molecule has 5 rings (SSSR count). The molecule has 2 aromatic carbocycles. The molecule has 1 atom stereocenters. The summed E-state index contributed by atoms with van der Waals surface area (Å²) >= 11 is 0. The first-order chi connectivity index (χ1) is 15.9. The highest BCUT2D eigenvalue weighted by Gasteiger charge is 2.27. The van der Waals surface area contributed by atoms with Gasteiger partial charge in [-0.25, -0.2) is 32.2 Å². The summed E-state index contributed by atoms with van der Waals surface area (Å²) in [5, 5.41) is 4.45. The van der Waals surface area contributed by atoms with Crippen LogP contribution in [0.25, 0.3) is 17.8 Å². The predicted octanol–water partition coefficient (Wildman–Crippen LogP) is 5.42. The third-order valence-electron chi connectivity index (χ3n) is 5.69. The van der Waals surface area contributed by atoms with Gasteiger partial charge in [-0.05, 0) is 61.2 Å². The van der Waals surface area contributed by atoms with Crippen LogP contribution in [0.2, 0.25) is 0 Å². The first-order valence-electron chi connectivity index (χ1n) is 10.5. The number of aryl methyl sites for hydroxylation is 2. The molecule has 0 radical (unpaired) electrons. The molecule has 0 unspecified atom stereocenters. The van der Waals surface area contributed by atoms with E-state index in [1.54, 1.807) is 46.1 Å². The van der Waals surface area contributed by atoms with E-state index < -0.39 is 29.2 Å². The Labute approximate surface area is 187 Å². The number of hydrogen-bond donors (Lipinski definition) is 0. The van der Waals surface area contributed by atoms with Crippen LogP contribution in [0.1, 0.15) is 47.2 Å². The van der Waals surface area contributed by atoms with Crippen LogP contribution in [0, 0.1) is 30.2 Å². The van der Waals surface area contributed by atoms with Crippen molar-refractivity contribution in [3.8, 4) is 5.69 Å². The maximum Gasteiger partial charge on any atom is 0.194 e. The topological polar surface area (TPSA) is 48.5 Å². The fourth-order valence-electron chi connectivity index (χ4n) is 4.09. The highest BCUT2D eigenvalue weighted by Crippen LogP contribution is 2.33. The number of fused-ring (bicyclic) bond motifs is 1. The van der Waals surface area contributed by atoms with Crippen LogP contribution in [-0.2, 0) is 6.54 Å². The van der Waals surface area contributed by atoms with Gasteiger partial charge in [0.25, 0.3) is 0 Å². The Bertz CT molecular complexity index is 1350. The molecule has 0 fully saturated rings. The lowest BCUT2D eigenvalue weighted by molar-refractivity contribution is 0.427. The van der Waals surface area contributed by atoms with Crippen LogP contribution >= 0.6 is 0 Å². The average Bonchev–Trinajstić information content (AvgIpc) is 3.41. The number of benzene rings is 2. The molecule has 0 N–H and O–H groups in total. The second-order valence-electron chi connectivity index (χ2n) is 8.01. The Morgan fingerprint density at radius 2 is 1.79 bits per heavy atom. The Morgan fingerprint density at radius 3 is 2.48 bits per heavy atom. The van der Waals surface area contributed by atoms with Crippen LogP contribution in [-0.4, -0.2) is 24.3 Å². The van der Waals surface area contributed by atoms with E-state index in [1.807, 2.05) is 6.92 Å². The molecule has 168 valence electrons. The standard InChI is InChI=1S/C24H19F4N5/c1-14-12-32(13-29-14)21-6-4-15(9-18(21)25)5-7-22-30-24-17(3-2-8-33(24)31-22)16-10-19(26)23(28)20(27)11-16/h4-7,9-13,17H,2-3,8H2,1H3/b7-5+/t17-/m1/s1. The average molecular weight is 453 g/mol. The Kier molecular flexibility index (Phi) is 5.32. The molecular weight excluding hydrogens is 434 g/mol. The minimum atomic E-state index is -1.49. The molecule has 2 aromatic heterocycles. The van der Waals surface area contributed by atoms with Crippen molar-refractivity contribution >= 4 is 12.2 Å². The van der Waals surface area contributed by atoms with E-state index in [-0.39, 0.29) is 0 Å². The lowest BCUT2D eigenvalue weighted by atomic mass is 9.91. The number of nitrogens with zero attached hydrogens (tertiary/aromatic N) is 5. The molecule has 0 bridgehead atoms. The second kappa shape index (κ2) is 8.31. The van der Waals surface area contributed by atoms with Gasteiger partial charge in [-0.15, -0.1) is 0 Å². The molecule has 0 saturated carbocycles. The minimum Gasteiger partial charge on any atom is -0.303 e. The van der Waals surface area contributed by atoms with Crippen molar-refractivity contribution in [2.75, 3.05) is 0 Å².